The molecule has 6 heteroatoms. The van der Waals surface area contributed by atoms with E-state index < -0.39 is 21.9 Å². The molecular formula is C12H23NO4S. The quantitative estimate of drug-likeness (QED) is 0.824. The van der Waals surface area contributed by atoms with Gasteiger partial charge in [0.1, 0.15) is 0 Å². The molecule has 0 aromatic heterocycles. The van der Waals surface area contributed by atoms with Gasteiger partial charge in [-0.05, 0) is 24.7 Å². The van der Waals surface area contributed by atoms with Crippen LogP contribution in [0.2, 0.25) is 0 Å². The Balaban J connectivity index is 2.72. The molecule has 1 aliphatic rings. The molecule has 1 rings (SSSR count). The van der Waals surface area contributed by atoms with Gasteiger partial charge in [-0.15, -0.1) is 0 Å². The summed E-state index contributed by atoms with van der Waals surface area (Å²) < 4.78 is 25.8. The predicted octanol–water partition coefficient (Wildman–Crippen LogP) is 1.40. The standard InChI is InChI=1S/C12H23NO4S/c1-9(2)11(12(14)15)8-18(16,17)13-6-4-10(3)5-7-13/h9-11H,4-8H2,1-3H3,(H,14,15). The first kappa shape index (κ1) is 15.4. The van der Waals surface area contributed by atoms with Crippen LogP contribution in [0, 0.1) is 17.8 Å². The van der Waals surface area contributed by atoms with Crippen LogP contribution in [-0.2, 0) is 14.8 Å². The number of piperidine rings is 1. The van der Waals surface area contributed by atoms with E-state index in [-0.39, 0.29) is 11.7 Å². The number of carboxylic acids is 1. The maximum Gasteiger partial charge on any atom is 0.307 e. The first-order valence-electron chi connectivity index (χ1n) is 6.44. The average Bonchev–Trinajstić information content (AvgIpc) is 2.26. The highest BCUT2D eigenvalue weighted by Crippen LogP contribution is 2.22. The van der Waals surface area contributed by atoms with Gasteiger partial charge >= 0.3 is 5.97 Å². The van der Waals surface area contributed by atoms with Gasteiger partial charge in [0.2, 0.25) is 10.0 Å². The molecular weight excluding hydrogens is 254 g/mol. The third kappa shape index (κ3) is 3.95. The van der Waals surface area contributed by atoms with Gasteiger partial charge in [0.15, 0.2) is 0 Å². The zero-order chi connectivity index (χ0) is 13.9. The highest BCUT2D eigenvalue weighted by molar-refractivity contribution is 7.89. The molecule has 0 aliphatic carbocycles. The van der Waals surface area contributed by atoms with Crippen LogP contribution in [0.1, 0.15) is 33.6 Å². The molecule has 0 saturated carbocycles. The molecule has 1 fully saturated rings. The second kappa shape index (κ2) is 6.02. The first-order valence-corrected chi connectivity index (χ1v) is 8.05. The van der Waals surface area contributed by atoms with Crippen molar-refractivity contribution < 1.29 is 18.3 Å². The van der Waals surface area contributed by atoms with Gasteiger partial charge in [-0.25, -0.2) is 12.7 Å². The Labute approximate surface area is 109 Å². The van der Waals surface area contributed by atoms with Crippen molar-refractivity contribution in [2.75, 3.05) is 18.8 Å². The fraction of sp³-hybridized carbons (Fsp3) is 0.917. The van der Waals surface area contributed by atoms with E-state index in [0.29, 0.717) is 19.0 Å². The maximum atomic E-state index is 12.2. The van der Waals surface area contributed by atoms with Crippen LogP contribution in [0.5, 0.6) is 0 Å². The minimum atomic E-state index is -3.44. The second-order valence-electron chi connectivity index (χ2n) is 5.55. The van der Waals surface area contributed by atoms with Gasteiger partial charge in [-0.3, -0.25) is 4.79 Å². The molecule has 0 aromatic rings. The fourth-order valence-corrected chi connectivity index (χ4v) is 4.10. The summed E-state index contributed by atoms with van der Waals surface area (Å²) in [4.78, 5) is 11.1. The Morgan fingerprint density at radius 3 is 2.22 bits per heavy atom. The van der Waals surface area contributed by atoms with Crippen molar-refractivity contribution in [3.8, 4) is 0 Å². The van der Waals surface area contributed by atoms with Crippen LogP contribution in [0.3, 0.4) is 0 Å². The van der Waals surface area contributed by atoms with Crippen molar-refractivity contribution in [1.29, 1.82) is 0 Å². The summed E-state index contributed by atoms with van der Waals surface area (Å²) in [5.74, 6) is -1.76. The van der Waals surface area contributed by atoms with Crippen molar-refractivity contribution in [2.24, 2.45) is 17.8 Å². The van der Waals surface area contributed by atoms with E-state index in [2.05, 4.69) is 6.92 Å². The summed E-state index contributed by atoms with van der Waals surface area (Å²) in [6.07, 6.45) is 1.72. The number of rotatable bonds is 5. The Kier molecular flexibility index (Phi) is 5.16. The first-order chi connectivity index (χ1) is 8.24. The lowest BCUT2D eigenvalue weighted by molar-refractivity contribution is -0.142. The van der Waals surface area contributed by atoms with Gasteiger partial charge in [-0.1, -0.05) is 20.8 Å². The van der Waals surface area contributed by atoms with Gasteiger partial charge in [-0.2, -0.15) is 0 Å². The van der Waals surface area contributed by atoms with Crippen LogP contribution in [0.15, 0.2) is 0 Å². The highest BCUT2D eigenvalue weighted by Gasteiger charge is 2.33. The Morgan fingerprint density at radius 1 is 1.33 bits per heavy atom. The summed E-state index contributed by atoms with van der Waals surface area (Å²) in [7, 11) is -3.44. The molecule has 0 amide bonds. The summed E-state index contributed by atoms with van der Waals surface area (Å²) in [6.45, 7) is 6.64. The lowest BCUT2D eigenvalue weighted by atomic mass is 9.98. The van der Waals surface area contributed by atoms with Crippen LogP contribution in [-0.4, -0.2) is 42.6 Å². The molecule has 0 aromatic carbocycles. The van der Waals surface area contributed by atoms with Gasteiger partial charge < -0.3 is 5.11 Å². The molecule has 1 aliphatic heterocycles. The Bertz CT molecular complexity index is 383. The predicted molar refractivity (Wildman–Crippen MR) is 69.7 cm³/mol. The molecule has 106 valence electrons. The molecule has 0 spiro atoms. The molecule has 0 bridgehead atoms. The number of hydrogen-bond acceptors (Lipinski definition) is 3. The van der Waals surface area contributed by atoms with E-state index in [1.165, 1.54) is 4.31 Å². The number of aliphatic carboxylic acids is 1. The molecule has 1 N–H and O–H groups in total. The summed E-state index contributed by atoms with van der Waals surface area (Å²) in [5, 5.41) is 9.06. The smallest absolute Gasteiger partial charge is 0.307 e. The summed E-state index contributed by atoms with van der Waals surface area (Å²) in [5.41, 5.74) is 0. The van der Waals surface area contributed by atoms with Crippen molar-refractivity contribution in [1.82, 2.24) is 4.31 Å². The van der Waals surface area contributed by atoms with E-state index in [9.17, 15) is 13.2 Å². The van der Waals surface area contributed by atoms with Crippen molar-refractivity contribution in [2.45, 2.75) is 33.6 Å². The third-order valence-electron chi connectivity index (χ3n) is 3.65. The summed E-state index contributed by atoms with van der Waals surface area (Å²) >= 11 is 0. The van der Waals surface area contributed by atoms with E-state index in [4.69, 9.17) is 5.11 Å². The van der Waals surface area contributed by atoms with E-state index in [0.717, 1.165) is 12.8 Å². The second-order valence-corrected chi connectivity index (χ2v) is 7.56. The van der Waals surface area contributed by atoms with Gasteiger partial charge in [0.05, 0.1) is 11.7 Å². The molecule has 1 saturated heterocycles. The van der Waals surface area contributed by atoms with E-state index >= 15 is 0 Å². The normalized spacial score (nSPS) is 21.1. The SMILES string of the molecule is CC1CCN(S(=O)(=O)CC(C(=O)O)C(C)C)CC1. The Morgan fingerprint density at radius 2 is 1.83 bits per heavy atom. The molecule has 0 radical (unpaired) electrons. The minimum Gasteiger partial charge on any atom is -0.481 e. The van der Waals surface area contributed by atoms with Gasteiger partial charge in [0.25, 0.3) is 0 Å². The van der Waals surface area contributed by atoms with Crippen molar-refractivity contribution in [3.63, 3.8) is 0 Å². The zero-order valence-corrected chi connectivity index (χ0v) is 12.1. The van der Waals surface area contributed by atoms with Crippen molar-refractivity contribution in [3.05, 3.63) is 0 Å². The lowest BCUT2D eigenvalue weighted by Gasteiger charge is -2.30. The fourth-order valence-electron chi connectivity index (χ4n) is 2.14. The number of nitrogens with zero attached hydrogens (tertiary/aromatic N) is 1. The monoisotopic (exact) mass is 277 g/mol. The Hall–Kier alpha value is -0.620. The van der Waals surface area contributed by atoms with Crippen LogP contribution < -0.4 is 0 Å². The maximum absolute atomic E-state index is 12.2. The lowest BCUT2D eigenvalue weighted by Crippen LogP contribution is -2.42. The van der Waals surface area contributed by atoms with E-state index in [1.54, 1.807) is 13.8 Å². The van der Waals surface area contributed by atoms with Crippen molar-refractivity contribution >= 4 is 16.0 Å². The largest absolute Gasteiger partial charge is 0.481 e. The average molecular weight is 277 g/mol. The number of sulfonamides is 1. The van der Waals surface area contributed by atoms with Crippen LogP contribution in [0.25, 0.3) is 0 Å². The van der Waals surface area contributed by atoms with Gasteiger partial charge in [0, 0.05) is 13.1 Å². The minimum absolute atomic E-state index is 0.180. The van der Waals surface area contributed by atoms with Crippen LogP contribution >= 0.6 is 0 Å². The zero-order valence-electron chi connectivity index (χ0n) is 11.3. The molecule has 1 heterocycles. The molecule has 18 heavy (non-hydrogen) atoms. The number of carbonyl (C=O) groups is 1. The van der Waals surface area contributed by atoms with E-state index in [1.807, 2.05) is 0 Å². The van der Waals surface area contributed by atoms with Crippen LogP contribution in [0.4, 0.5) is 0 Å². The summed E-state index contributed by atoms with van der Waals surface area (Å²) in [6, 6.07) is 0. The topological polar surface area (TPSA) is 74.7 Å². The highest BCUT2D eigenvalue weighted by atomic mass is 32.2. The number of carboxylic acid groups (broad SMARTS) is 1. The molecule has 5 nitrogen and oxygen atoms in total. The molecule has 1 unspecified atom stereocenters. The molecule has 1 atom stereocenters. The third-order valence-corrected chi connectivity index (χ3v) is 5.58. The number of hydrogen-bond donors (Lipinski definition) is 1.